The highest BCUT2D eigenvalue weighted by atomic mass is 16.4. The Hall–Kier alpha value is -0.570. The lowest BCUT2D eigenvalue weighted by Gasteiger charge is -2.35. The molecule has 0 spiro atoms. The largest absolute Gasteiger partial charge is 0.481 e. The predicted octanol–water partition coefficient (Wildman–Crippen LogP) is 3.00. The fourth-order valence-corrected chi connectivity index (χ4v) is 1.67. The summed E-state index contributed by atoms with van der Waals surface area (Å²) in [5.41, 5.74) is 0.301. The maximum Gasteiger partial charge on any atom is 0.303 e. The van der Waals surface area contributed by atoms with Gasteiger partial charge in [0.1, 0.15) is 0 Å². The smallest absolute Gasteiger partial charge is 0.303 e. The van der Waals surface area contributed by atoms with Crippen molar-refractivity contribution in [3.8, 4) is 0 Å². The summed E-state index contributed by atoms with van der Waals surface area (Å²) in [7, 11) is 2.15. The van der Waals surface area contributed by atoms with Crippen LogP contribution in [-0.4, -0.2) is 35.6 Å². The van der Waals surface area contributed by atoms with E-state index in [9.17, 15) is 4.79 Å². The minimum Gasteiger partial charge on any atom is -0.481 e. The maximum atomic E-state index is 10.3. The Balaban J connectivity index is 3.65. The maximum absolute atomic E-state index is 10.3. The van der Waals surface area contributed by atoms with Crippen molar-refractivity contribution in [2.45, 2.75) is 59.4 Å². The van der Waals surface area contributed by atoms with Gasteiger partial charge in [-0.15, -0.1) is 0 Å². The molecule has 96 valence electrons. The van der Waals surface area contributed by atoms with Crippen LogP contribution < -0.4 is 0 Å². The molecule has 1 atom stereocenters. The molecule has 0 heterocycles. The third-order valence-electron chi connectivity index (χ3n) is 3.32. The molecule has 1 N–H and O–H groups in total. The summed E-state index contributed by atoms with van der Waals surface area (Å²) in [6.07, 6.45) is 3.20. The van der Waals surface area contributed by atoms with Crippen LogP contribution in [0.5, 0.6) is 0 Å². The van der Waals surface area contributed by atoms with E-state index < -0.39 is 5.97 Å². The van der Waals surface area contributed by atoms with Crippen LogP contribution in [0.1, 0.15) is 53.4 Å². The zero-order valence-corrected chi connectivity index (χ0v) is 11.4. The van der Waals surface area contributed by atoms with Gasteiger partial charge in [-0.3, -0.25) is 4.79 Å². The van der Waals surface area contributed by atoms with Crippen molar-refractivity contribution in [2.24, 2.45) is 5.41 Å². The van der Waals surface area contributed by atoms with Crippen LogP contribution in [0.15, 0.2) is 0 Å². The molecule has 0 saturated carbocycles. The molecule has 3 heteroatoms. The summed E-state index contributed by atoms with van der Waals surface area (Å²) >= 11 is 0. The average molecular weight is 229 g/mol. The second-order valence-electron chi connectivity index (χ2n) is 5.73. The van der Waals surface area contributed by atoms with E-state index in [0.717, 1.165) is 25.8 Å². The molecule has 3 nitrogen and oxygen atoms in total. The molecule has 0 fully saturated rings. The first-order valence-electron chi connectivity index (χ1n) is 6.17. The molecule has 16 heavy (non-hydrogen) atoms. The van der Waals surface area contributed by atoms with Gasteiger partial charge in [-0.25, -0.2) is 0 Å². The number of hydrogen-bond acceptors (Lipinski definition) is 2. The minimum absolute atomic E-state index is 0.301. The third-order valence-corrected chi connectivity index (χ3v) is 3.32. The fourth-order valence-electron chi connectivity index (χ4n) is 1.67. The number of carboxylic acids is 1. The van der Waals surface area contributed by atoms with Gasteiger partial charge in [-0.05, 0) is 38.8 Å². The summed E-state index contributed by atoms with van der Waals surface area (Å²) in [5, 5.41) is 8.51. The number of carbonyl (C=O) groups is 1. The predicted molar refractivity (Wildman–Crippen MR) is 67.7 cm³/mol. The Morgan fingerprint density at radius 3 is 2.25 bits per heavy atom. The number of carboxylic acid groups (broad SMARTS) is 1. The number of hydrogen-bond donors (Lipinski definition) is 1. The summed E-state index contributed by atoms with van der Waals surface area (Å²) in [6, 6.07) is 0.548. The Kier molecular flexibility index (Phi) is 6.65. The summed E-state index contributed by atoms with van der Waals surface area (Å²) in [4.78, 5) is 12.7. The Bertz CT molecular complexity index is 208. The van der Waals surface area contributed by atoms with Gasteiger partial charge in [0.25, 0.3) is 0 Å². The quantitative estimate of drug-likeness (QED) is 0.682. The SMILES string of the molecule is CC(N(C)CCCCCC(=O)O)C(C)(C)C. The fraction of sp³-hybridized carbons (Fsp3) is 0.923. The molecule has 0 radical (unpaired) electrons. The molecule has 0 aliphatic rings. The summed E-state index contributed by atoms with van der Waals surface area (Å²) < 4.78 is 0. The van der Waals surface area contributed by atoms with E-state index in [0.29, 0.717) is 17.9 Å². The van der Waals surface area contributed by atoms with Crippen molar-refractivity contribution < 1.29 is 9.90 Å². The highest BCUT2D eigenvalue weighted by molar-refractivity contribution is 5.66. The van der Waals surface area contributed by atoms with Gasteiger partial charge in [-0.2, -0.15) is 0 Å². The van der Waals surface area contributed by atoms with Gasteiger partial charge in [0, 0.05) is 12.5 Å². The number of aliphatic carboxylic acids is 1. The van der Waals surface area contributed by atoms with Crippen LogP contribution in [0.2, 0.25) is 0 Å². The third kappa shape index (κ3) is 6.83. The van der Waals surface area contributed by atoms with Crippen molar-refractivity contribution in [1.82, 2.24) is 4.90 Å². The van der Waals surface area contributed by atoms with Crippen LogP contribution in [0.25, 0.3) is 0 Å². The second kappa shape index (κ2) is 6.89. The van der Waals surface area contributed by atoms with Crippen molar-refractivity contribution in [2.75, 3.05) is 13.6 Å². The van der Waals surface area contributed by atoms with Gasteiger partial charge < -0.3 is 10.0 Å². The van der Waals surface area contributed by atoms with Gasteiger partial charge in [0.05, 0.1) is 0 Å². The lowest BCUT2D eigenvalue weighted by molar-refractivity contribution is -0.137. The van der Waals surface area contributed by atoms with E-state index in [4.69, 9.17) is 5.11 Å². The van der Waals surface area contributed by atoms with Gasteiger partial charge in [0.2, 0.25) is 0 Å². The van der Waals surface area contributed by atoms with Gasteiger partial charge in [0.15, 0.2) is 0 Å². The Morgan fingerprint density at radius 1 is 1.25 bits per heavy atom. The van der Waals surface area contributed by atoms with Crippen LogP contribution in [0.4, 0.5) is 0 Å². The van der Waals surface area contributed by atoms with E-state index in [-0.39, 0.29) is 0 Å². The molecule has 0 aromatic rings. The van der Waals surface area contributed by atoms with Gasteiger partial charge in [-0.1, -0.05) is 27.2 Å². The highest BCUT2D eigenvalue weighted by Gasteiger charge is 2.23. The number of unbranched alkanes of at least 4 members (excludes halogenated alkanes) is 2. The van der Waals surface area contributed by atoms with E-state index in [1.54, 1.807) is 0 Å². The van der Waals surface area contributed by atoms with Crippen molar-refractivity contribution in [1.29, 1.82) is 0 Å². The lowest BCUT2D eigenvalue weighted by atomic mass is 9.87. The Labute approximate surface area is 99.8 Å². The summed E-state index contributed by atoms with van der Waals surface area (Å²) in [5.74, 6) is -0.684. The van der Waals surface area contributed by atoms with Crippen molar-refractivity contribution in [3.63, 3.8) is 0 Å². The molecule has 0 aliphatic heterocycles. The standard InChI is InChI=1S/C13H27NO2/c1-11(13(2,3)4)14(5)10-8-6-7-9-12(15)16/h11H,6-10H2,1-5H3,(H,15,16). The molecule has 0 bridgehead atoms. The van der Waals surface area contributed by atoms with E-state index in [1.807, 2.05) is 0 Å². The van der Waals surface area contributed by atoms with E-state index >= 15 is 0 Å². The summed E-state index contributed by atoms with van der Waals surface area (Å²) in [6.45, 7) is 10.0. The van der Waals surface area contributed by atoms with Crippen LogP contribution in [-0.2, 0) is 4.79 Å². The Morgan fingerprint density at radius 2 is 1.81 bits per heavy atom. The van der Waals surface area contributed by atoms with Crippen molar-refractivity contribution >= 4 is 5.97 Å². The zero-order chi connectivity index (χ0) is 12.8. The first-order valence-corrected chi connectivity index (χ1v) is 6.17. The van der Waals surface area contributed by atoms with Crippen LogP contribution >= 0.6 is 0 Å². The molecule has 0 rings (SSSR count). The normalized spacial score (nSPS) is 14.1. The average Bonchev–Trinajstić information content (AvgIpc) is 2.13. The number of nitrogens with zero attached hydrogens (tertiary/aromatic N) is 1. The van der Waals surface area contributed by atoms with E-state index in [2.05, 4.69) is 39.6 Å². The highest BCUT2D eigenvalue weighted by Crippen LogP contribution is 2.23. The van der Waals surface area contributed by atoms with Gasteiger partial charge >= 0.3 is 5.97 Å². The topological polar surface area (TPSA) is 40.5 Å². The molecule has 1 unspecified atom stereocenters. The molecule has 0 amide bonds. The molecular weight excluding hydrogens is 202 g/mol. The van der Waals surface area contributed by atoms with Crippen LogP contribution in [0.3, 0.4) is 0 Å². The molecule has 0 aromatic heterocycles. The second-order valence-corrected chi connectivity index (χ2v) is 5.73. The molecular formula is C13H27NO2. The van der Waals surface area contributed by atoms with Crippen molar-refractivity contribution in [3.05, 3.63) is 0 Å². The monoisotopic (exact) mass is 229 g/mol. The first kappa shape index (κ1) is 15.4. The molecule has 0 saturated heterocycles. The van der Waals surface area contributed by atoms with Crippen LogP contribution in [0, 0.1) is 5.41 Å². The molecule has 0 aromatic carbocycles. The van der Waals surface area contributed by atoms with E-state index in [1.165, 1.54) is 0 Å². The molecule has 0 aliphatic carbocycles. The lowest BCUT2D eigenvalue weighted by Crippen LogP contribution is -2.39. The minimum atomic E-state index is -0.684. The first-order chi connectivity index (χ1) is 7.25. The zero-order valence-electron chi connectivity index (χ0n) is 11.4. The number of rotatable bonds is 7.